The van der Waals surface area contributed by atoms with Crippen LogP contribution in [-0.2, 0) is 11.3 Å². The fourth-order valence-electron chi connectivity index (χ4n) is 3.27. The molecule has 30 heavy (non-hydrogen) atoms. The summed E-state index contributed by atoms with van der Waals surface area (Å²) in [6.07, 6.45) is 1.66. The van der Waals surface area contributed by atoms with E-state index in [1.165, 1.54) is 0 Å². The Morgan fingerprint density at radius 1 is 1.23 bits per heavy atom. The normalized spacial score (nSPS) is 15.5. The second-order valence-corrected chi connectivity index (χ2v) is 7.14. The summed E-state index contributed by atoms with van der Waals surface area (Å²) in [7, 11) is 0. The Hall–Kier alpha value is -2.99. The average molecular weight is 429 g/mol. The lowest BCUT2D eigenvalue weighted by Gasteiger charge is -2.33. The Bertz CT molecular complexity index is 976. The van der Waals surface area contributed by atoms with E-state index in [9.17, 15) is 5.26 Å². The first-order valence-corrected chi connectivity index (χ1v) is 9.98. The van der Waals surface area contributed by atoms with E-state index >= 15 is 0 Å². The maximum atomic E-state index is 9.43. The highest BCUT2D eigenvalue weighted by atomic mass is 35.5. The van der Waals surface area contributed by atoms with Crippen LogP contribution in [-0.4, -0.2) is 42.7 Å². The molecule has 0 amide bonds. The van der Waals surface area contributed by atoms with Crippen LogP contribution in [0.4, 0.5) is 5.88 Å². The molecule has 1 fully saturated rings. The van der Waals surface area contributed by atoms with E-state index in [1.807, 2.05) is 12.1 Å². The molecule has 1 atom stereocenters. The first-order valence-electron chi connectivity index (χ1n) is 9.60. The number of rotatable bonds is 8. The fourth-order valence-corrected chi connectivity index (χ4v) is 3.39. The molecule has 3 aromatic rings. The van der Waals surface area contributed by atoms with Gasteiger partial charge in [0, 0.05) is 24.7 Å². The lowest BCUT2D eigenvalue weighted by atomic mass is 10.1. The number of nitrogens with zero attached hydrogens (tertiary/aromatic N) is 3. The number of benzene rings is 1. The maximum Gasteiger partial charge on any atom is 0.236 e. The average Bonchev–Trinajstić information content (AvgIpc) is 3.44. The summed E-state index contributed by atoms with van der Waals surface area (Å²) in [6, 6.07) is 12.8. The van der Waals surface area contributed by atoms with Crippen molar-refractivity contribution in [3.05, 3.63) is 65.0 Å². The number of morpholine rings is 1. The summed E-state index contributed by atoms with van der Waals surface area (Å²) < 4.78 is 22.5. The third-order valence-corrected chi connectivity index (χ3v) is 5.02. The molecule has 4 rings (SSSR count). The summed E-state index contributed by atoms with van der Waals surface area (Å²) in [5.74, 6) is 2.10. The summed E-state index contributed by atoms with van der Waals surface area (Å²) >= 11 is 5.88. The van der Waals surface area contributed by atoms with Gasteiger partial charge in [0.1, 0.15) is 17.6 Å². The smallest absolute Gasteiger partial charge is 0.236 e. The third kappa shape index (κ3) is 4.94. The number of aromatic nitrogens is 1. The molecule has 0 radical (unpaired) electrons. The maximum absolute atomic E-state index is 9.43. The molecule has 3 heterocycles. The molecule has 0 spiro atoms. The van der Waals surface area contributed by atoms with Crippen molar-refractivity contribution in [3.63, 3.8) is 0 Å². The van der Waals surface area contributed by atoms with E-state index in [0.29, 0.717) is 42.3 Å². The van der Waals surface area contributed by atoms with E-state index in [4.69, 9.17) is 29.9 Å². The quantitative estimate of drug-likeness (QED) is 0.577. The monoisotopic (exact) mass is 428 g/mol. The second kappa shape index (κ2) is 9.67. The van der Waals surface area contributed by atoms with Gasteiger partial charge in [0.2, 0.25) is 17.5 Å². The number of halogens is 1. The zero-order valence-electron chi connectivity index (χ0n) is 16.2. The van der Waals surface area contributed by atoms with Gasteiger partial charge in [-0.1, -0.05) is 11.6 Å². The highest BCUT2D eigenvalue weighted by molar-refractivity contribution is 6.30. The second-order valence-electron chi connectivity index (χ2n) is 6.70. The summed E-state index contributed by atoms with van der Waals surface area (Å²) in [6.45, 7) is 3.55. The van der Waals surface area contributed by atoms with Crippen LogP contribution in [0, 0.1) is 11.3 Å². The molecule has 1 N–H and O–H groups in total. The molecular weight excluding hydrogens is 408 g/mol. The van der Waals surface area contributed by atoms with Gasteiger partial charge in [-0.25, -0.2) is 0 Å². The zero-order valence-corrected chi connectivity index (χ0v) is 17.0. The van der Waals surface area contributed by atoms with Gasteiger partial charge in [-0.3, -0.25) is 4.90 Å². The number of nitrogens with one attached hydrogen (secondary N) is 1. The van der Waals surface area contributed by atoms with Gasteiger partial charge >= 0.3 is 0 Å². The fraction of sp³-hybridized carbons (Fsp3) is 0.333. The van der Waals surface area contributed by atoms with Crippen LogP contribution in [0.15, 0.2) is 51.5 Å². The molecule has 2 aromatic heterocycles. The van der Waals surface area contributed by atoms with Crippen LogP contribution in [0.1, 0.15) is 23.4 Å². The summed E-state index contributed by atoms with van der Waals surface area (Å²) in [5, 5.41) is 13.3. The van der Waals surface area contributed by atoms with Gasteiger partial charge in [0.15, 0.2) is 6.61 Å². The number of hydrogen-bond donors (Lipinski definition) is 1. The van der Waals surface area contributed by atoms with Crippen molar-refractivity contribution in [3.8, 4) is 11.8 Å². The highest BCUT2D eigenvalue weighted by Gasteiger charge is 2.25. The predicted molar refractivity (Wildman–Crippen MR) is 109 cm³/mol. The Morgan fingerprint density at radius 3 is 2.73 bits per heavy atom. The molecule has 0 saturated carbocycles. The molecule has 1 saturated heterocycles. The molecule has 1 aliphatic rings. The Labute approximate surface area is 179 Å². The van der Waals surface area contributed by atoms with E-state index in [1.54, 1.807) is 30.5 Å². The minimum Gasteiger partial charge on any atom is -0.484 e. The van der Waals surface area contributed by atoms with Crippen LogP contribution < -0.4 is 10.1 Å². The molecule has 156 valence electrons. The Balaban J connectivity index is 1.42. The number of furan rings is 1. The van der Waals surface area contributed by atoms with Gasteiger partial charge in [-0.15, -0.1) is 0 Å². The van der Waals surface area contributed by atoms with Gasteiger partial charge in [0.25, 0.3) is 0 Å². The highest BCUT2D eigenvalue weighted by Crippen LogP contribution is 2.25. The van der Waals surface area contributed by atoms with Crippen molar-refractivity contribution in [1.82, 2.24) is 9.88 Å². The number of anilines is 1. The number of hydrogen-bond acceptors (Lipinski definition) is 8. The van der Waals surface area contributed by atoms with Crippen LogP contribution in [0.25, 0.3) is 0 Å². The predicted octanol–water partition coefficient (Wildman–Crippen LogP) is 3.86. The van der Waals surface area contributed by atoms with Gasteiger partial charge in [-0.2, -0.15) is 10.2 Å². The molecular formula is C21H21ClN4O4. The molecule has 0 unspecified atom stereocenters. The van der Waals surface area contributed by atoms with Crippen molar-refractivity contribution >= 4 is 17.5 Å². The van der Waals surface area contributed by atoms with E-state index in [-0.39, 0.29) is 18.3 Å². The minimum absolute atomic E-state index is 0.0192. The van der Waals surface area contributed by atoms with Gasteiger partial charge in [-0.05, 0) is 36.4 Å². The molecule has 8 nitrogen and oxygen atoms in total. The molecule has 1 aliphatic heterocycles. The van der Waals surface area contributed by atoms with Gasteiger partial charge < -0.3 is 23.6 Å². The summed E-state index contributed by atoms with van der Waals surface area (Å²) in [4.78, 5) is 6.50. The van der Waals surface area contributed by atoms with Crippen LogP contribution >= 0.6 is 11.6 Å². The zero-order chi connectivity index (χ0) is 20.8. The minimum atomic E-state index is -0.0192. The Kier molecular flexibility index (Phi) is 6.54. The van der Waals surface area contributed by atoms with Crippen LogP contribution in [0.3, 0.4) is 0 Å². The number of oxazole rings is 1. The first kappa shape index (κ1) is 20.3. The molecule has 0 bridgehead atoms. The van der Waals surface area contributed by atoms with E-state index in [2.05, 4.69) is 21.3 Å². The van der Waals surface area contributed by atoms with Crippen molar-refractivity contribution in [2.75, 3.05) is 38.2 Å². The van der Waals surface area contributed by atoms with Crippen molar-refractivity contribution < 1.29 is 18.3 Å². The largest absolute Gasteiger partial charge is 0.484 e. The number of ether oxygens (including phenoxy) is 2. The van der Waals surface area contributed by atoms with Crippen molar-refractivity contribution in [2.45, 2.75) is 12.6 Å². The number of nitriles is 1. The third-order valence-electron chi connectivity index (χ3n) is 4.77. The molecule has 0 aliphatic carbocycles. The summed E-state index contributed by atoms with van der Waals surface area (Å²) in [5.41, 5.74) is 0.185. The standard InChI is InChI=1S/C21H21ClN4O4/c22-15-3-5-16(6-4-15)29-14-20-25-17(12-23)21(30-20)24-13-18(19-2-1-9-28-19)26-7-10-27-11-8-26/h1-6,9,18,24H,7-8,10-11,13-14H2/t18-/m1/s1. The molecule has 9 heteroatoms. The van der Waals surface area contributed by atoms with E-state index < -0.39 is 0 Å². The van der Waals surface area contributed by atoms with Crippen LogP contribution in [0.2, 0.25) is 5.02 Å². The van der Waals surface area contributed by atoms with Crippen LogP contribution in [0.5, 0.6) is 5.75 Å². The molecule has 1 aromatic carbocycles. The van der Waals surface area contributed by atoms with Crippen molar-refractivity contribution in [1.29, 1.82) is 5.26 Å². The van der Waals surface area contributed by atoms with Gasteiger partial charge in [0.05, 0.1) is 25.5 Å². The Morgan fingerprint density at radius 2 is 2.03 bits per heavy atom. The lowest BCUT2D eigenvalue weighted by Crippen LogP contribution is -2.41. The van der Waals surface area contributed by atoms with Crippen molar-refractivity contribution in [2.24, 2.45) is 0 Å². The SMILES string of the molecule is N#Cc1nc(COc2ccc(Cl)cc2)oc1NC[C@H](c1ccco1)N1CCOCC1. The van der Waals surface area contributed by atoms with E-state index in [0.717, 1.165) is 18.8 Å². The topological polar surface area (TPSA) is 96.7 Å². The lowest BCUT2D eigenvalue weighted by molar-refractivity contribution is 0.0144. The first-order chi connectivity index (χ1) is 14.7.